The molecule has 0 amide bonds. The standard InChI is InChI=1S/C31H22NO.C21H28NSi.Ir/c1-21(22-9-4-2-5-10-22)24-17-18-32-28(19-24)25-15-16-27-30(20-25)33-29-14-8-13-26(31(27)29)23-11-6-3-7-12-23;1-23(2,3)21-16-22-20(18-12-8-5-9-13-18)15-19(21)14-17-10-6-4-7-11-17;/h2-14,16-21H,1H3;5,8-9,12,15-17H,4,6-7,10-11,14H2,1-3H3;/q2*-1;. The topological polar surface area (TPSA) is 38.9 Å². The molecule has 8 aromatic rings. The van der Waals surface area contributed by atoms with Gasteiger partial charge in [-0.25, -0.2) is 0 Å². The van der Waals surface area contributed by atoms with Gasteiger partial charge >= 0.3 is 0 Å². The molecule has 1 unspecified atom stereocenters. The van der Waals surface area contributed by atoms with Crippen LogP contribution >= 0.6 is 0 Å². The number of rotatable bonds is 8. The van der Waals surface area contributed by atoms with E-state index in [0.717, 1.165) is 50.4 Å². The summed E-state index contributed by atoms with van der Waals surface area (Å²) in [4.78, 5) is 9.41. The molecule has 1 aliphatic carbocycles. The van der Waals surface area contributed by atoms with E-state index in [1.54, 1.807) is 10.8 Å². The molecule has 1 radical (unpaired) electrons. The zero-order chi connectivity index (χ0) is 38.5. The Bertz CT molecular complexity index is 2540. The Hall–Kier alpha value is -4.93. The number of pyridine rings is 2. The largest absolute Gasteiger partial charge is 0.476 e. The summed E-state index contributed by atoms with van der Waals surface area (Å²) in [5.41, 5.74) is 12.2. The van der Waals surface area contributed by atoms with Crippen molar-refractivity contribution in [3.63, 3.8) is 0 Å². The number of fused-ring (bicyclic) bond motifs is 3. The molecule has 1 atom stereocenters. The number of aromatic nitrogens is 2. The van der Waals surface area contributed by atoms with Gasteiger partial charge in [-0.3, -0.25) is 0 Å². The summed E-state index contributed by atoms with van der Waals surface area (Å²) in [6.45, 7) is 9.53. The molecular weight excluding hydrogens is 889 g/mol. The first kappa shape index (κ1) is 40.3. The third-order valence-corrected chi connectivity index (χ3v) is 13.5. The Morgan fingerprint density at radius 1 is 0.702 bits per heavy atom. The molecule has 3 nitrogen and oxygen atoms in total. The average Bonchev–Trinajstić information content (AvgIpc) is 3.63. The number of benzene rings is 5. The molecule has 0 bridgehead atoms. The van der Waals surface area contributed by atoms with Crippen molar-refractivity contribution in [2.75, 3.05) is 0 Å². The van der Waals surface area contributed by atoms with Gasteiger partial charge in [0.15, 0.2) is 0 Å². The van der Waals surface area contributed by atoms with Gasteiger partial charge in [0.05, 0.1) is 13.7 Å². The Morgan fingerprint density at radius 2 is 1.44 bits per heavy atom. The van der Waals surface area contributed by atoms with Crippen LogP contribution in [0.3, 0.4) is 0 Å². The van der Waals surface area contributed by atoms with Crippen LogP contribution in [0.25, 0.3) is 55.6 Å². The molecule has 289 valence electrons. The van der Waals surface area contributed by atoms with Gasteiger partial charge < -0.3 is 14.4 Å². The van der Waals surface area contributed by atoms with Gasteiger partial charge in [-0.15, -0.1) is 53.6 Å². The van der Waals surface area contributed by atoms with Gasteiger partial charge in [0.1, 0.15) is 5.58 Å². The summed E-state index contributed by atoms with van der Waals surface area (Å²) >= 11 is 0. The van der Waals surface area contributed by atoms with Crippen molar-refractivity contribution in [2.24, 2.45) is 5.92 Å². The molecule has 3 aromatic heterocycles. The molecule has 0 saturated heterocycles. The molecule has 1 saturated carbocycles. The molecule has 9 rings (SSSR count). The molecule has 5 heteroatoms. The van der Waals surface area contributed by atoms with Gasteiger partial charge in [0, 0.05) is 38.4 Å². The minimum atomic E-state index is -1.36. The average molecular weight is 939 g/mol. The van der Waals surface area contributed by atoms with E-state index in [4.69, 9.17) is 9.40 Å². The summed E-state index contributed by atoms with van der Waals surface area (Å²) in [5, 5.41) is 3.74. The van der Waals surface area contributed by atoms with E-state index in [2.05, 4.69) is 147 Å². The first-order chi connectivity index (χ1) is 27.3. The third kappa shape index (κ3) is 9.29. The maximum atomic E-state index is 6.28. The first-order valence-corrected chi connectivity index (χ1v) is 23.7. The van der Waals surface area contributed by atoms with Crippen molar-refractivity contribution in [1.29, 1.82) is 0 Å². The number of nitrogens with zero attached hydrogens (tertiary/aromatic N) is 2. The van der Waals surface area contributed by atoms with Gasteiger partial charge in [0.2, 0.25) is 0 Å². The zero-order valence-electron chi connectivity index (χ0n) is 33.4. The summed E-state index contributed by atoms with van der Waals surface area (Å²) in [6.07, 6.45) is 12.4. The van der Waals surface area contributed by atoms with Crippen molar-refractivity contribution in [3.8, 4) is 33.6 Å². The Labute approximate surface area is 353 Å². The van der Waals surface area contributed by atoms with Crippen LogP contribution in [0.2, 0.25) is 19.6 Å². The monoisotopic (exact) mass is 939 g/mol. The van der Waals surface area contributed by atoms with Crippen molar-refractivity contribution < 1.29 is 24.5 Å². The molecule has 1 fully saturated rings. The molecule has 0 aliphatic heterocycles. The van der Waals surface area contributed by atoms with Gasteiger partial charge in [-0.05, 0) is 68.7 Å². The zero-order valence-corrected chi connectivity index (χ0v) is 36.8. The third-order valence-electron chi connectivity index (χ3n) is 11.4. The van der Waals surface area contributed by atoms with Crippen LogP contribution in [0.4, 0.5) is 0 Å². The van der Waals surface area contributed by atoms with Crippen molar-refractivity contribution in [3.05, 3.63) is 175 Å². The molecule has 3 heterocycles. The summed E-state index contributed by atoms with van der Waals surface area (Å²) in [5.74, 6) is 1.16. The van der Waals surface area contributed by atoms with Crippen LogP contribution in [0, 0.1) is 18.1 Å². The first-order valence-electron chi connectivity index (χ1n) is 20.2. The molecule has 0 spiro atoms. The second-order valence-electron chi connectivity index (χ2n) is 16.3. The number of hydrogen-bond acceptors (Lipinski definition) is 3. The SMILES string of the molecule is CC(c1ccccc1)c1ccnc(-c2[c-]cc3c(c2)oc2cccc(-c4ccccc4)c23)c1.C[Si](C)(C)c1cnc(-c2[c-]cccc2)cc1CC1CCCCC1.[Ir]. The van der Waals surface area contributed by atoms with E-state index < -0.39 is 8.07 Å². The fourth-order valence-electron chi connectivity index (χ4n) is 8.31. The van der Waals surface area contributed by atoms with E-state index in [0.29, 0.717) is 0 Å². The summed E-state index contributed by atoms with van der Waals surface area (Å²) < 4.78 is 6.28. The molecule has 5 aromatic carbocycles. The van der Waals surface area contributed by atoms with Crippen LogP contribution in [0.1, 0.15) is 61.6 Å². The predicted molar refractivity (Wildman–Crippen MR) is 237 cm³/mol. The second-order valence-corrected chi connectivity index (χ2v) is 21.4. The smallest absolute Gasteiger partial charge is 0.124 e. The molecule has 0 N–H and O–H groups in total. The van der Waals surface area contributed by atoms with Crippen molar-refractivity contribution >= 4 is 35.2 Å². The molecule has 1 aliphatic rings. The van der Waals surface area contributed by atoms with Crippen LogP contribution in [0.15, 0.2) is 150 Å². The Balaban J connectivity index is 0.000000183. The van der Waals surface area contributed by atoms with E-state index in [1.165, 1.54) is 60.8 Å². The van der Waals surface area contributed by atoms with Crippen molar-refractivity contribution in [1.82, 2.24) is 9.97 Å². The van der Waals surface area contributed by atoms with Crippen molar-refractivity contribution in [2.45, 2.75) is 71.0 Å². The number of hydrogen-bond donors (Lipinski definition) is 0. The Morgan fingerprint density at radius 3 is 2.18 bits per heavy atom. The normalized spacial score (nSPS) is 13.8. The van der Waals surface area contributed by atoms with Crippen LogP contribution in [-0.2, 0) is 26.5 Å². The predicted octanol–water partition coefficient (Wildman–Crippen LogP) is 13.5. The van der Waals surface area contributed by atoms with Crippen LogP contribution < -0.4 is 5.19 Å². The van der Waals surface area contributed by atoms with E-state index in [-0.39, 0.29) is 26.0 Å². The van der Waals surface area contributed by atoms with E-state index >= 15 is 0 Å². The minimum Gasteiger partial charge on any atom is -0.476 e. The van der Waals surface area contributed by atoms with E-state index in [9.17, 15) is 0 Å². The maximum absolute atomic E-state index is 6.28. The fraction of sp³-hybridized carbons (Fsp3) is 0.231. The quantitative estimate of drug-likeness (QED) is 0.113. The van der Waals surface area contributed by atoms with Crippen LogP contribution in [-0.4, -0.2) is 18.0 Å². The number of furan rings is 1. The van der Waals surface area contributed by atoms with Gasteiger partial charge in [0.25, 0.3) is 0 Å². The molecular formula is C52H50IrN2OSi-2. The fourth-order valence-corrected chi connectivity index (χ4v) is 9.90. The minimum absolute atomic E-state index is 0. The summed E-state index contributed by atoms with van der Waals surface area (Å²) in [6, 6.07) is 52.9. The van der Waals surface area contributed by atoms with Crippen LogP contribution in [0.5, 0.6) is 0 Å². The maximum Gasteiger partial charge on any atom is 0.124 e. The second kappa shape index (κ2) is 18.1. The summed E-state index contributed by atoms with van der Waals surface area (Å²) in [7, 11) is -1.36. The molecule has 57 heavy (non-hydrogen) atoms. The van der Waals surface area contributed by atoms with E-state index in [1.807, 2.05) is 42.6 Å². The van der Waals surface area contributed by atoms with Gasteiger partial charge in [-0.2, -0.15) is 0 Å². The Kier molecular flexibility index (Phi) is 12.8. The van der Waals surface area contributed by atoms with Gasteiger partial charge in [-0.1, -0.05) is 161 Å².